The summed E-state index contributed by atoms with van der Waals surface area (Å²) in [6.45, 7) is 1.68. The highest BCUT2D eigenvalue weighted by Gasteiger charge is 2.31. The highest BCUT2D eigenvalue weighted by molar-refractivity contribution is 8.26. The van der Waals surface area contributed by atoms with Crippen LogP contribution in [0.4, 0.5) is 5.69 Å². The molecule has 0 spiro atoms. The van der Waals surface area contributed by atoms with Gasteiger partial charge in [-0.3, -0.25) is 14.5 Å². The third-order valence-electron chi connectivity index (χ3n) is 6.03. The lowest BCUT2D eigenvalue weighted by Gasteiger charge is -2.14. The smallest absolute Gasteiger partial charge is 0.338 e. The third-order valence-corrected chi connectivity index (χ3v) is 7.41. The summed E-state index contributed by atoms with van der Waals surface area (Å²) < 4.78 is 16.5. The lowest BCUT2D eigenvalue weighted by Crippen LogP contribution is -2.29. The first-order chi connectivity index (χ1) is 18.8. The summed E-state index contributed by atoms with van der Waals surface area (Å²) in [5.74, 6) is 0.759. The number of ether oxygens (including phenoxy) is 3. The van der Waals surface area contributed by atoms with Crippen molar-refractivity contribution >= 4 is 57.8 Å². The molecule has 0 radical (unpaired) electrons. The summed E-state index contributed by atoms with van der Waals surface area (Å²) >= 11 is 6.72. The minimum Gasteiger partial charge on any atom is -0.461 e. The Bertz CT molecular complexity index is 1260. The van der Waals surface area contributed by atoms with E-state index in [-0.39, 0.29) is 24.6 Å². The van der Waals surface area contributed by atoms with Gasteiger partial charge >= 0.3 is 5.97 Å². The summed E-state index contributed by atoms with van der Waals surface area (Å²) in [5.41, 5.74) is 1.91. The number of fused-ring (bicyclic) bond motifs is 1. The molecule has 2 aromatic rings. The van der Waals surface area contributed by atoms with E-state index in [0.717, 1.165) is 18.4 Å². The van der Waals surface area contributed by atoms with Gasteiger partial charge in [-0.1, -0.05) is 36.5 Å². The van der Waals surface area contributed by atoms with Gasteiger partial charge in [0, 0.05) is 25.2 Å². The van der Waals surface area contributed by atoms with E-state index in [4.69, 9.17) is 26.4 Å². The number of likely N-dealkylation sites (N-methyl/N-ethyl adjacent to an activating group) is 1. The van der Waals surface area contributed by atoms with Crippen LogP contribution in [0.3, 0.4) is 0 Å². The Labute approximate surface area is 237 Å². The molecular weight excluding hydrogens is 538 g/mol. The number of hydrogen-bond donors (Lipinski definition) is 1. The average Bonchev–Trinajstić information content (AvgIpc) is 3.47. The summed E-state index contributed by atoms with van der Waals surface area (Å²) in [5, 5.41) is 2.85. The molecule has 11 heteroatoms. The molecule has 2 aromatic carbocycles. The average molecular weight is 570 g/mol. The second-order valence-electron chi connectivity index (χ2n) is 9.32. The zero-order chi connectivity index (χ0) is 27.8. The fraction of sp³-hybridized carbons (Fsp3) is 0.357. The zero-order valence-corrected chi connectivity index (χ0v) is 23.6. The second-order valence-corrected chi connectivity index (χ2v) is 11.0. The van der Waals surface area contributed by atoms with E-state index in [9.17, 15) is 14.4 Å². The molecule has 0 aliphatic carbocycles. The number of thiocarbonyl (C=S) groups is 1. The Morgan fingerprint density at radius 3 is 2.64 bits per heavy atom. The van der Waals surface area contributed by atoms with E-state index in [2.05, 4.69) is 5.32 Å². The Morgan fingerprint density at radius 2 is 1.87 bits per heavy atom. The summed E-state index contributed by atoms with van der Waals surface area (Å²) in [4.78, 5) is 41.4. The van der Waals surface area contributed by atoms with E-state index in [1.807, 2.05) is 43.3 Å². The van der Waals surface area contributed by atoms with Crippen molar-refractivity contribution in [3.63, 3.8) is 0 Å². The van der Waals surface area contributed by atoms with E-state index in [1.54, 1.807) is 29.2 Å². The van der Waals surface area contributed by atoms with Gasteiger partial charge in [-0.15, -0.1) is 0 Å². The first kappa shape index (κ1) is 28.6. The van der Waals surface area contributed by atoms with E-state index in [0.29, 0.717) is 64.5 Å². The van der Waals surface area contributed by atoms with Gasteiger partial charge < -0.3 is 24.4 Å². The number of unbranched alkanes of at least 4 members (excludes halogenated alkanes) is 2. The second kappa shape index (κ2) is 13.6. The molecule has 1 fully saturated rings. The maximum Gasteiger partial charge on any atom is 0.338 e. The van der Waals surface area contributed by atoms with Gasteiger partial charge in [0.1, 0.15) is 10.9 Å². The lowest BCUT2D eigenvalue weighted by atomic mass is 10.1. The highest BCUT2D eigenvalue weighted by atomic mass is 32.2. The van der Waals surface area contributed by atoms with Gasteiger partial charge in [-0.25, -0.2) is 4.79 Å². The van der Waals surface area contributed by atoms with Crippen LogP contribution < -0.4 is 14.8 Å². The molecular formula is C28H31N3O6S2. The van der Waals surface area contributed by atoms with Crippen LogP contribution in [-0.2, 0) is 14.3 Å². The molecule has 0 bridgehead atoms. The predicted molar refractivity (Wildman–Crippen MR) is 155 cm³/mol. The molecule has 2 aliphatic rings. The first-order valence-electron chi connectivity index (χ1n) is 12.7. The molecule has 1 saturated heterocycles. The van der Waals surface area contributed by atoms with E-state index >= 15 is 0 Å². The van der Waals surface area contributed by atoms with Crippen LogP contribution in [-0.4, -0.2) is 72.5 Å². The summed E-state index contributed by atoms with van der Waals surface area (Å²) in [7, 11) is 3.82. The summed E-state index contributed by atoms with van der Waals surface area (Å²) in [6.07, 6.45) is 4.37. The topological polar surface area (TPSA) is 97.4 Å². The largest absolute Gasteiger partial charge is 0.461 e. The number of carbonyl (C=O) groups excluding carboxylic acids is 3. The minimum absolute atomic E-state index is 0.103. The number of carbonyl (C=O) groups is 3. The molecule has 2 heterocycles. The van der Waals surface area contributed by atoms with Crippen molar-refractivity contribution in [3.05, 3.63) is 58.5 Å². The number of esters is 1. The molecule has 2 amide bonds. The summed E-state index contributed by atoms with van der Waals surface area (Å²) in [6, 6.07) is 12.2. The van der Waals surface area contributed by atoms with Crippen molar-refractivity contribution in [3.8, 4) is 11.5 Å². The van der Waals surface area contributed by atoms with Gasteiger partial charge in [0.05, 0.1) is 10.5 Å². The number of nitrogens with one attached hydrogen (secondary N) is 1. The predicted octanol–water partition coefficient (Wildman–Crippen LogP) is 4.53. The molecule has 2 aliphatic heterocycles. The molecule has 0 atom stereocenters. The van der Waals surface area contributed by atoms with Crippen molar-refractivity contribution in [2.45, 2.75) is 25.7 Å². The Hall–Kier alpha value is -3.41. The molecule has 39 heavy (non-hydrogen) atoms. The van der Waals surface area contributed by atoms with Crippen LogP contribution in [0.1, 0.15) is 41.6 Å². The van der Waals surface area contributed by atoms with E-state index in [1.165, 1.54) is 11.8 Å². The minimum atomic E-state index is -0.389. The van der Waals surface area contributed by atoms with Gasteiger partial charge in [-0.05, 0) is 75.0 Å². The fourth-order valence-corrected chi connectivity index (χ4v) is 5.21. The Morgan fingerprint density at radius 1 is 1.10 bits per heavy atom. The monoisotopic (exact) mass is 569 g/mol. The van der Waals surface area contributed by atoms with Gasteiger partial charge in [0.15, 0.2) is 11.5 Å². The molecule has 0 aromatic heterocycles. The van der Waals surface area contributed by atoms with Gasteiger partial charge in [-0.2, -0.15) is 0 Å². The Kier molecular flexibility index (Phi) is 9.96. The van der Waals surface area contributed by atoms with Gasteiger partial charge in [0.2, 0.25) is 12.7 Å². The highest BCUT2D eigenvalue weighted by Crippen LogP contribution is 2.36. The van der Waals surface area contributed by atoms with Crippen molar-refractivity contribution in [1.82, 2.24) is 9.80 Å². The van der Waals surface area contributed by atoms with Crippen LogP contribution in [0, 0.1) is 0 Å². The van der Waals surface area contributed by atoms with Gasteiger partial charge in [0.25, 0.3) is 5.91 Å². The normalized spacial score (nSPS) is 15.4. The third kappa shape index (κ3) is 8.04. The number of rotatable bonds is 12. The van der Waals surface area contributed by atoms with Crippen molar-refractivity contribution in [1.29, 1.82) is 0 Å². The standard InChI is InChI=1S/C28H31N3O6S2/c1-30(2)14-15-35-27(34)20-8-10-21(11-9-20)29-25(32)6-4-3-5-13-31-26(33)24(39-28(31)38)17-19-7-12-22-23(16-19)37-18-36-22/h7-12,16-17H,3-6,13-15,18H2,1-2H3,(H,29,32). The number of nitrogens with zero attached hydrogens (tertiary/aromatic N) is 2. The SMILES string of the molecule is CN(C)CCOC(=O)c1ccc(NC(=O)CCCCCN2C(=O)C(=Cc3ccc4c(c3)OCO4)SC2=S)cc1. The number of benzene rings is 2. The molecule has 0 saturated carbocycles. The van der Waals surface area contributed by atoms with Crippen LogP contribution in [0.25, 0.3) is 6.08 Å². The quantitative estimate of drug-likeness (QED) is 0.171. The lowest BCUT2D eigenvalue weighted by molar-refractivity contribution is -0.122. The number of thioether (sulfide) groups is 1. The number of anilines is 1. The molecule has 1 N–H and O–H groups in total. The van der Waals surface area contributed by atoms with Crippen molar-refractivity contribution in [2.75, 3.05) is 45.9 Å². The van der Waals surface area contributed by atoms with Crippen LogP contribution in [0.15, 0.2) is 47.4 Å². The molecule has 0 unspecified atom stereocenters. The Balaban J connectivity index is 1.15. The van der Waals surface area contributed by atoms with Crippen molar-refractivity contribution in [2.24, 2.45) is 0 Å². The number of amides is 2. The van der Waals surface area contributed by atoms with Crippen molar-refractivity contribution < 1.29 is 28.6 Å². The van der Waals surface area contributed by atoms with Crippen LogP contribution in [0.2, 0.25) is 0 Å². The molecule has 4 rings (SSSR count). The molecule has 206 valence electrons. The molecule has 9 nitrogen and oxygen atoms in total. The maximum absolute atomic E-state index is 12.9. The zero-order valence-electron chi connectivity index (χ0n) is 21.9. The van der Waals surface area contributed by atoms with E-state index < -0.39 is 0 Å². The van der Waals surface area contributed by atoms with Crippen LogP contribution in [0.5, 0.6) is 11.5 Å². The first-order valence-corrected chi connectivity index (χ1v) is 13.9. The number of hydrogen-bond acceptors (Lipinski definition) is 9. The van der Waals surface area contributed by atoms with Crippen LogP contribution >= 0.6 is 24.0 Å². The maximum atomic E-state index is 12.9. The fourth-order valence-electron chi connectivity index (χ4n) is 3.90.